The first kappa shape index (κ1) is 13.0. The Morgan fingerprint density at radius 1 is 1.25 bits per heavy atom. The van der Waals surface area contributed by atoms with Gasteiger partial charge in [0.1, 0.15) is 5.75 Å². The van der Waals surface area contributed by atoms with Crippen molar-refractivity contribution in [2.75, 3.05) is 6.61 Å². The molecule has 0 bridgehead atoms. The molecule has 1 aromatic carbocycles. The van der Waals surface area contributed by atoms with Crippen LogP contribution in [0.5, 0.6) is 5.75 Å². The first-order valence-electron chi connectivity index (χ1n) is 6.09. The Labute approximate surface area is 98.8 Å². The topological polar surface area (TPSA) is 35.2 Å². The fourth-order valence-electron chi connectivity index (χ4n) is 1.94. The highest BCUT2D eigenvalue weighted by Gasteiger charge is 2.09. The van der Waals surface area contributed by atoms with Crippen LogP contribution < -0.4 is 10.5 Å². The van der Waals surface area contributed by atoms with Crippen molar-refractivity contribution in [2.24, 2.45) is 11.7 Å². The quantitative estimate of drug-likeness (QED) is 0.801. The molecule has 2 nitrogen and oxygen atoms in total. The molecule has 1 atom stereocenters. The van der Waals surface area contributed by atoms with E-state index >= 15 is 0 Å². The maximum Gasteiger partial charge on any atom is 0.122 e. The molecule has 0 aliphatic rings. The number of nitrogens with two attached hydrogens (primary N) is 1. The molecular weight excluding hydrogens is 198 g/mol. The summed E-state index contributed by atoms with van der Waals surface area (Å²) in [5.74, 6) is 1.62. The van der Waals surface area contributed by atoms with Crippen molar-refractivity contribution in [1.29, 1.82) is 0 Å². The Bertz CT molecular complexity index is 309. The Hall–Kier alpha value is -1.02. The summed E-state index contributed by atoms with van der Waals surface area (Å²) in [5.41, 5.74) is 7.34. The highest BCUT2D eigenvalue weighted by Crippen LogP contribution is 2.20. The van der Waals surface area contributed by atoms with Gasteiger partial charge in [0, 0.05) is 6.04 Å². The predicted octanol–water partition coefficient (Wildman–Crippen LogP) is 3.00. The van der Waals surface area contributed by atoms with Gasteiger partial charge in [0.15, 0.2) is 0 Å². The zero-order chi connectivity index (χ0) is 12.0. The minimum atomic E-state index is 0.224. The van der Waals surface area contributed by atoms with Crippen LogP contribution in [0.4, 0.5) is 0 Å². The van der Waals surface area contributed by atoms with Crippen molar-refractivity contribution >= 4 is 0 Å². The number of hydrogen-bond acceptors (Lipinski definition) is 2. The van der Waals surface area contributed by atoms with E-state index in [2.05, 4.69) is 19.9 Å². The highest BCUT2D eigenvalue weighted by atomic mass is 16.5. The Balaban J connectivity index is 2.64. The zero-order valence-electron chi connectivity index (χ0n) is 10.6. The third-order valence-corrected chi connectivity index (χ3v) is 2.53. The SMILES string of the molecule is CCOc1ccccc1CC(N)CC(C)C. The molecule has 16 heavy (non-hydrogen) atoms. The van der Waals surface area contributed by atoms with Crippen molar-refractivity contribution in [2.45, 2.75) is 39.7 Å². The molecule has 2 N–H and O–H groups in total. The first-order chi connectivity index (χ1) is 7.63. The van der Waals surface area contributed by atoms with Gasteiger partial charge < -0.3 is 10.5 Å². The Morgan fingerprint density at radius 3 is 2.56 bits per heavy atom. The van der Waals surface area contributed by atoms with E-state index in [9.17, 15) is 0 Å². The Morgan fingerprint density at radius 2 is 1.94 bits per heavy atom. The average molecular weight is 221 g/mol. The van der Waals surface area contributed by atoms with Crippen molar-refractivity contribution < 1.29 is 4.74 Å². The monoisotopic (exact) mass is 221 g/mol. The summed E-state index contributed by atoms with van der Waals surface area (Å²) in [5, 5.41) is 0. The molecule has 0 amide bonds. The van der Waals surface area contributed by atoms with Crippen LogP contribution >= 0.6 is 0 Å². The van der Waals surface area contributed by atoms with Crippen molar-refractivity contribution in [3.05, 3.63) is 29.8 Å². The fourth-order valence-corrected chi connectivity index (χ4v) is 1.94. The van der Waals surface area contributed by atoms with Crippen LogP contribution in [0, 0.1) is 5.92 Å². The normalized spacial score (nSPS) is 12.8. The van der Waals surface area contributed by atoms with Crippen LogP contribution in [-0.4, -0.2) is 12.6 Å². The van der Waals surface area contributed by atoms with E-state index < -0.39 is 0 Å². The Kier molecular flexibility index (Phi) is 5.33. The maximum atomic E-state index is 6.12. The van der Waals surface area contributed by atoms with E-state index in [0.29, 0.717) is 12.5 Å². The van der Waals surface area contributed by atoms with Crippen molar-refractivity contribution in [3.8, 4) is 5.75 Å². The summed E-state index contributed by atoms with van der Waals surface area (Å²) in [6.45, 7) is 7.11. The van der Waals surface area contributed by atoms with Crippen LogP contribution in [0.1, 0.15) is 32.8 Å². The summed E-state index contributed by atoms with van der Waals surface area (Å²) in [7, 11) is 0. The standard InChI is InChI=1S/C14H23NO/c1-4-16-14-8-6-5-7-12(14)10-13(15)9-11(2)3/h5-8,11,13H,4,9-10,15H2,1-3H3. The van der Waals surface area contributed by atoms with Gasteiger partial charge in [0.05, 0.1) is 6.61 Å². The van der Waals surface area contributed by atoms with Crippen LogP contribution in [0.2, 0.25) is 0 Å². The largest absolute Gasteiger partial charge is 0.494 e. The van der Waals surface area contributed by atoms with Gasteiger partial charge in [0.2, 0.25) is 0 Å². The number of benzene rings is 1. The average Bonchev–Trinajstić information content (AvgIpc) is 2.20. The number of rotatable bonds is 6. The summed E-state index contributed by atoms with van der Waals surface area (Å²) in [6.07, 6.45) is 1.95. The van der Waals surface area contributed by atoms with Crippen molar-refractivity contribution in [3.63, 3.8) is 0 Å². The minimum absolute atomic E-state index is 0.224. The maximum absolute atomic E-state index is 6.12. The van der Waals surface area contributed by atoms with Crippen LogP contribution in [-0.2, 0) is 6.42 Å². The van der Waals surface area contributed by atoms with E-state index in [4.69, 9.17) is 10.5 Å². The lowest BCUT2D eigenvalue weighted by atomic mass is 9.97. The molecule has 0 saturated carbocycles. The van der Waals surface area contributed by atoms with E-state index in [0.717, 1.165) is 18.6 Å². The number of ether oxygens (including phenoxy) is 1. The third kappa shape index (κ3) is 4.23. The minimum Gasteiger partial charge on any atom is -0.494 e. The smallest absolute Gasteiger partial charge is 0.122 e. The molecule has 0 heterocycles. The summed E-state index contributed by atoms with van der Waals surface area (Å²) in [4.78, 5) is 0. The molecular formula is C14H23NO. The third-order valence-electron chi connectivity index (χ3n) is 2.53. The van der Waals surface area contributed by atoms with Gasteiger partial charge in [-0.2, -0.15) is 0 Å². The van der Waals surface area contributed by atoms with Gasteiger partial charge in [-0.3, -0.25) is 0 Å². The molecule has 0 aliphatic carbocycles. The lowest BCUT2D eigenvalue weighted by Crippen LogP contribution is -2.24. The van der Waals surface area contributed by atoms with E-state index in [-0.39, 0.29) is 6.04 Å². The molecule has 0 aliphatic heterocycles. The fraction of sp³-hybridized carbons (Fsp3) is 0.571. The molecule has 0 aromatic heterocycles. The zero-order valence-corrected chi connectivity index (χ0v) is 10.6. The predicted molar refractivity (Wildman–Crippen MR) is 68.7 cm³/mol. The van der Waals surface area contributed by atoms with Gasteiger partial charge in [-0.05, 0) is 37.3 Å². The molecule has 0 saturated heterocycles. The molecule has 90 valence electrons. The van der Waals surface area contributed by atoms with Crippen molar-refractivity contribution in [1.82, 2.24) is 0 Å². The van der Waals surface area contributed by atoms with Gasteiger partial charge in [-0.15, -0.1) is 0 Å². The number of para-hydroxylation sites is 1. The summed E-state index contributed by atoms with van der Waals surface area (Å²) >= 11 is 0. The van der Waals surface area contributed by atoms with Gasteiger partial charge in [-0.25, -0.2) is 0 Å². The molecule has 0 spiro atoms. The second kappa shape index (κ2) is 6.54. The van der Waals surface area contributed by atoms with Crippen LogP contribution in [0.25, 0.3) is 0 Å². The number of hydrogen-bond donors (Lipinski definition) is 1. The first-order valence-corrected chi connectivity index (χ1v) is 6.09. The van der Waals surface area contributed by atoms with Gasteiger partial charge in [-0.1, -0.05) is 32.0 Å². The molecule has 1 unspecified atom stereocenters. The van der Waals surface area contributed by atoms with Gasteiger partial charge in [0.25, 0.3) is 0 Å². The van der Waals surface area contributed by atoms with Gasteiger partial charge >= 0.3 is 0 Å². The van der Waals surface area contributed by atoms with Crippen LogP contribution in [0.15, 0.2) is 24.3 Å². The highest BCUT2D eigenvalue weighted by molar-refractivity contribution is 5.33. The summed E-state index contributed by atoms with van der Waals surface area (Å²) in [6, 6.07) is 8.38. The van der Waals surface area contributed by atoms with E-state index in [1.54, 1.807) is 0 Å². The molecule has 2 heteroatoms. The second-order valence-corrected chi connectivity index (χ2v) is 4.63. The summed E-state index contributed by atoms with van der Waals surface area (Å²) < 4.78 is 5.59. The molecule has 1 aromatic rings. The van der Waals surface area contributed by atoms with Crippen LogP contribution in [0.3, 0.4) is 0 Å². The molecule has 0 fully saturated rings. The molecule has 1 rings (SSSR count). The molecule has 0 radical (unpaired) electrons. The second-order valence-electron chi connectivity index (χ2n) is 4.63. The lowest BCUT2D eigenvalue weighted by molar-refractivity contribution is 0.334. The lowest BCUT2D eigenvalue weighted by Gasteiger charge is -2.16. The van der Waals surface area contributed by atoms with E-state index in [1.165, 1.54) is 5.56 Å². The van der Waals surface area contributed by atoms with E-state index in [1.807, 2.05) is 25.1 Å².